The normalized spacial score (nSPS) is 25.3. The maximum atomic E-state index is 12.8. The zero-order valence-corrected chi connectivity index (χ0v) is 15.1. The minimum absolute atomic E-state index is 0.316. The van der Waals surface area contributed by atoms with E-state index >= 15 is 0 Å². The van der Waals surface area contributed by atoms with Crippen LogP contribution in [0.5, 0.6) is 11.5 Å². The van der Waals surface area contributed by atoms with Crippen molar-refractivity contribution < 1.29 is 23.9 Å². The molecule has 1 aliphatic carbocycles. The number of nitrogens with one attached hydrogen (secondary N) is 1. The van der Waals surface area contributed by atoms with Crippen LogP contribution in [0.25, 0.3) is 0 Å². The fraction of sp³-hybridized carbons (Fsp3) is 0.526. The predicted octanol–water partition coefficient (Wildman–Crippen LogP) is 2.49. The number of rotatable bonds is 5. The zero-order chi connectivity index (χ0) is 18.7. The Labute approximate surface area is 152 Å². The van der Waals surface area contributed by atoms with Crippen molar-refractivity contribution in [1.29, 1.82) is 0 Å². The van der Waals surface area contributed by atoms with E-state index in [0.29, 0.717) is 30.3 Å². The van der Waals surface area contributed by atoms with Crippen molar-refractivity contribution in [2.24, 2.45) is 5.92 Å². The van der Waals surface area contributed by atoms with Crippen molar-refractivity contribution in [3.05, 3.63) is 24.3 Å². The molecule has 0 atom stereocenters. The summed E-state index contributed by atoms with van der Waals surface area (Å²) < 4.78 is 10.3. The van der Waals surface area contributed by atoms with Crippen molar-refractivity contribution >= 4 is 17.9 Å². The maximum Gasteiger partial charge on any atom is 0.331 e. The Hall–Kier alpha value is -2.57. The van der Waals surface area contributed by atoms with Crippen molar-refractivity contribution in [3.8, 4) is 11.5 Å². The van der Waals surface area contributed by atoms with Crippen molar-refractivity contribution in [1.82, 2.24) is 10.2 Å². The first-order valence-electron chi connectivity index (χ1n) is 8.96. The topological polar surface area (TPSA) is 84.9 Å². The van der Waals surface area contributed by atoms with Crippen molar-refractivity contribution in [2.75, 3.05) is 13.7 Å². The predicted molar refractivity (Wildman–Crippen MR) is 93.9 cm³/mol. The molecule has 1 saturated heterocycles. The third kappa shape index (κ3) is 3.52. The molecule has 0 unspecified atom stereocenters. The van der Waals surface area contributed by atoms with Gasteiger partial charge in [0.15, 0.2) is 0 Å². The number of hydrogen-bond acceptors (Lipinski definition) is 5. The number of ether oxygens (including phenoxy) is 2. The van der Waals surface area contributed by atoms with E-state index in [1.165, 1.54) is 0 Å². The molecule has 0 radical (unpaired) electrons. The van der Waals surface area contributed by atoms with E-state index < -0.39 is 24.1 Å². The molecule has 3 rings (SSSR count). The number of amides is 3. The molecule has 26 heavy (non-hydrogen) atoms. The SMILES string of the molecule is CCC1CCC2(CC1)NC(=O)N(CC(=O)Oc1ccc(OC)cc1)C2=O. The van der Waals surface area contributed by atoms with Crippen molar-refractivity contribution in [3.63, 3.8) is 0 Å². The summed E-state index contributed by atoms with van der Waals surface area (Å²) in [5, 5.41) is 2.81. The van der Waals surface area contributed by atoms with Gasteiger partial charge in [0.1, 0.15) is 23.6 Å². The summed E-state index contributed by atoms with van der Waals surface area (Å²) in [5.74, 6) is 0.602. The van der Waals surface area contributed by atoms with Gasteiger partial charge in [-0.3, -0.25) is 9.69 Å². The molecule has 1 N–H and O–H groups in total. The van der Waals surface area contributed by atoms with Gasteiger partial charge >= 0.3 is 12.0 Å². The van der Waals surface area contributed by atoms with Crippen LogP contribution in [0.4, 0.5) is 4.79 Å². The summed E-state index contributed by atoms with van der Waals surface area (Å²) in [6.45, 7) is 1.74. The van der Waals surface area contributed by atoms with Crippen LogP contribution < -0.4 is 14.8 Å². The molecular formula is C19H24N2O5. The second-order valence-corrected chi connectivity index (χ2v) is 6.90. The number of carbonyl (C=O) groups excluding carboxylic acids is 3. The van der Waals surface area contributed by atoms with E-state index in [0.717, 1.165) is 24.2 Å². The van der Waals surface area contributed by atoms with Crippen molar-refractivity contribution in [2.45, 2.75) is 44.6 Å². The first-order valence-corrected chi connectivity index (χ1v) is 8.96. The lowest BCUT2D eigenvalue weighted by Crippen LogP contribution is -2.49. The van der Waals surface area contributed by atoms with Crippen LogP contribution in [0, 0.1) is 5.92 Å². The van der Waals surface area contributed by atoms with Gasteiger partial charge < -0.3 is 14.8 Å². The first-order chi connectivity index (χ1) is 12.5. The number of carbonyl (C=O) groups is 3. The molecule has 0 bridgehead atoms. The Morgan fingerprint density at radius 3 is 2.38 bits per heavy atom. The number of methoxy groups -OCH3 is 1. The average molecular weight is 360 g/mol. The molecule has 1 spiro atoms. The molecule has 1 aromatic carbocycles. The zero-order valence-electron chi connectivity index (χ0n) is 15.1. The number of nitrogens with zero attached hydrogens (tertiary/aromatic N) is 1. The van der Waals surface area contributed by atoms with E-state index in [-0.39, 0.29) is 5.91 Å². The minimum atomic E-state index is -0.844. The molecule has 3 amide bonds. The van der Waals surface area contributed by atoms with Crippen LogP contribution in [-0.4, -0.2) is 42.0 Å². The van der Waals surface area contributed by atoms with Gasteiger partial charge in [0, 0.05) is 0 Å². The van der Waals surface area contributed by atoms with Gasteiger partial charge in [-0.2, -0.15) is 0 Å². The highest BCUT2D eigenvalue weighted by molar-refractivity contribution is 6.08. The van der Waals surface area contributed by atoms with Crippen LogP contribution >= 0.6 is 0 Å². The number of imide groups is 1. The number of hydrogen-bond donors (Lipinski definition) is 1. The number of benzene rings is 1. The highest BCUT2D eigenvalue weighted by Crippen LogP contribution is 2.37. The van der Waals surface area contributed by atoms with Crippen LogP contribution in [0.3, 0.4) is 0 Å². The first kappa shape index (κ1) is 18.2. The summed E-state index contributed by atoms with van der Waals surface area (Å²) in [4.78, 5) is 38.2. The molecule has 7 nitrogen and oxygen atoms in total. The molecule has 1 aliphatic heterocycles. The van der Waals surface area contributed by atoms with Crippen LogP contribution in [0.2, 0.25) is 0 Å². The van der Waals surface area contributed by atoms with Crippen LogP contribution in [0.1, 0.15) is 39.0 Å². The largest absolute Gasteiger partial charge is 0.497 e. The highest BCUT2D eigenvalue weighted by Gasteiger charge is 2.52. The number of urea groups is 1. The molecule has 1 aromatic rings. The monoisotopic (exact) mass is 360 g/mol. The van der Waals surface area contributed by atoms with Gasteiger partial charge in [0.2, 0.25) is 0 Å². The minimum Gasteiger partial charge on any atom is -0.497 e. The fourth-order valence-corrected chi connectivity index (χ4v) is 3.67. The summed E-state index contributed by atoms with van der Waals surface area (Å²) in [5.41, 5.74) is -0.844. The van der Waals surface area contributed by atoms with Crippen LogP contribution in [-0.2, 0) is 9.59 Å². The standard InChI is InChI=1S/C19H24N2O5/c1-3-13-8-10-19(11-9-13)17(23)21(18(24)20-19)12-16(22)26-15-6-4-14(25-2)5-7-15/h4-7,13H,3,8-12H2,1-2H3,(H,20,24). The van der Waals surface area contributed by atoms with E-state index in [4.69, 9.17) is 9.47 Å². The fourth-order valence-electron chi connectivity index (χ4n) is 3.67. The van der Waals surface area contributed by atoms with E-state index in [1.54, 1.807) is 31.4 Å². The van der Waals surface area contributed by atoms with E-state index in [1.807, 2.05) is 0 Å². The molecule has 0 aromatic heterocycles. The Morgan fingerprint density at radius 1 is 1.19 bits per heavy atom. The summed E-state index contributed by atoms with van der Waals surface area (Å²) >= 11 is 0. The molecule has 2 fully saturated rings. The van der Waals surface area contributed by atoms with E-state index in [9.17, 15) is 14.4 Å². The molecule has 140 valence electrons. The molecule has 1 heterocycles. The van der Waals surface area contributed by atoms with E-state index in [2.05, 4.69) is 12.2 Å². The third-order valence-electron chi connectivity index (χ3n) is 5.36. The molecular weight excluding hydrogens is 336 g/mol. The second kappa shape index (κ2) is 7.35. The maximum absolute atomic E-state index is 12.8. The average Bonchev–Trinajstić information content (AvgIpc) is 2.87. The van der Waals surface area contributed by atoms with Gasteiger partial charge in [-0.15, -0.1) is 0 Å². The second-order valence-electron chi connectivity index (χ2n) is 6.90. The molecule has 2 aliphatic rings. The molecule has 7 heteroatoms. The van der Waals surface area contributed by atoms with Gasteiger partial charge in [-0.1, -0.05) is 13.3 Å². The van der Waals surface area contributed by atoms with Gasteiger partial charge in [-0.25, -0.2) is 9.59 Å². The summed E-state index contributed by atoms with van der Waals surface area (Å²) in [6, 6.07) is 6.00. The number of esters is 1. The quantitative estimate of drug-likeness (QED) is 0.495. The van der Waals surface area contributed by atoms with Gasteiger partial charge in [0.05, 0.1) is 7.11 Å². The lowest BCUT2D eigenvalue weighted by Gasteiger charge is -2.34. The highest BCUT2D eigenvalue weighted by atomic mass is 16.5. The Balaban J connectivity index is 1.61. The summed E-state index contributed by atoms with van der Waals surface area (Å²) in [6.07, 6.45) is 4.15. The van der Waals surface area contributed by atoms with Gasteiger partial charge in [-0.05, 0) is 55.9 Å². The van der Waals surface area contributed by atoms with Gasteiger partial charge in [0.25, 0.3) is 5.91 Å². The molecule has 1 saturated carbocycles. The van der Waals surface area contributed by atoms with Crippen LogP contribution in [0.15, 0.2) is 24.3 Å². The Morgan fingerprint density at radius 2 is 1.81 bits per heavy atom. The third-order valence-corrected chi connectivity index (χ3v) is 5.36. The smallest absolute Gasteiger partial charge is 0.331 e. The lowest BCUT2D eigenvalue weighted by atomic mass is 9.75. The Bertz CT molecular complexity index is 692. The lowest BCUT2D eigenvalue weighted by molar-refractivity contribution is -0.141. The summed E-state index contributed by atoms with van der Waals surface area (Å²) in [7, 11) is 1.54. The Kier molecular flexibility index (Phi) is 5.15.